The van der Waals surface area contributed by atoms with Crippen molar-refractivity contribution in [3.63, 3.8) is 0 Å². The molecule has 3 aromatic rings. The number of alkyl carbamates (subject to hydrolysis) is 1. The maximum atomic E-state index is 13.5. The van der Waals surface area contributed by atoms with E-state index < -0.39 is 44.0 Å². The van der Waals surface area contributed by atoms with Crippen molar-refractivity contribution in [2.24, 2.45) is 5.92 Å². The SMILES string of the molecule is C=C.CC.CC1(S(=O)(=O)NC(=O)C2(NC=O)CC2)CC1.CCC(C)[C@H](NC(=O)OC(C)(C)C)C(=O)N1CCC(Oc2cc(-c3ccccc3)nc3cc(OC)ccc23)C1. The van der Waals surface area contributed by atoms with E-state index in [1.54, 1.807) is 39.7 Å². The zero-order chi connectivity index (χ0) is 44.2. The second-order valence-electron chi connectivity index (χ2n) is 15.8. The normalized spacial score (nSPS) is 18.0. The summed E-state index contributed by atoms with van der Waals surface area (Å²) < 4.78 is 42.1. The van der Waals surface area contributed by atoms with E-state index in [1.165, 1.54) is 0 Å². The van der Waals surface area contributed by atoms with Gasteiger partial charge in [0.15, 0.2) is 0 Å². The number of hydrogen-bond donors (Lipinski definition) is 3. The minimum atomic E-state index is -3.60. The predicted molar refractivity (Wildman–Crippen MR) is 230 cm³/mol. The van der Waals surface area contributed by atoms with Gasteiger partial charge in [-0.1, -0.05) is 64.4 Å². The lowest BCUT2D eigenvalue weighted by Crippen LogP contribution is -2.52. The number of nitrogens with one attached hydrogen (secondary N) is 3. The van der Waals surface area contributed by atoms with Crippen LogP contribution in [0.2, 0.25) is 0 Å². The lowest BCUT2D eigenvalue weighted by Gasteiger charge is -2.29. The second kappa shape index (κ2) is 20.7. The molecule has 4 amide bonds. The number of hydrogen-bond acceptors (Lipinski definition) is 10. The Balaban J connectivity index is 0.000000386. The van der Waals surface area contributed by atoms with E-state index in [2.05, 4.69) is 28.5 Å². The molecule has 2 saturated carbocycles. The van der Waals surface area contributed by atoms with Crippen molar-refractivity contribution >= 4 is 45.2 Å². The molecular weight excluding hydrogens is 775 g/mol. The number of methoxy groups -OCH3 is 1. The molecule has 14 nitrogen and oxygen atoms in total. The standard InChI is InChI=1S/C31H39N3O5.C9H14N2O4S.C2H6.C2H4/c1-7-20(2)28(33-30(36)39-31(3,4)5)29(35)34-16-15-23(19-34)38-27-18-25(21-11-9-8-10-12-21)32-26-17-22(37-6)13-14-24(26)27;1-8(2-3-8)16(14,15)11-7(13)9(4-5-9)10-6-12;2*1-2/h8-14,17-18,20,23,28H,7,15-16,19H2,1-6H3,(H,33,36);6H,2-5H2,1H3,(H,10,12)(H,11,13);1-2H3;1-2H2/t20?,23?,28-;;;/m0.../s1. The van der Waals surface area contributed by atoms with Crippen LogP contribution in [0.1, 0.15) is 93.9 Å². The van der Waals surface area contributed by atoms with Gasteiger partial charge in [-0.3, -0.25) is 19.1 Å². The molecule has 3 fully saturated rings. The fourth-order valence-electron chi connectivity index (χ4n) is 6.14. The van der Waals surface area contributed by atoms with E-state index in [4.69, 9.17) is 19.2 Å². The summed E-state index contributed by atoms with van der Waals surface area (Å²) in [4.78, 5) is 54.7. The van der Waals surface area contributed by atoms with Crippen LogP contribution in [0.5, 0.6) is 11.5 Å². The number of sulfonamides is 1. The Labute approximate surface area is 349 Å². The monoisotopic (exact) mass is 837 g/mol. The zero-order valence-electron chi connectivity index (χ0n) is 36.1. The van der Waals surface area contributed by atoms with Crippen LogP contribution in [0.15, 0.2) is 67.8 Å². The van der Waals surface area contributed by atoms with Crippen LogP contribution in [-0.2, 0) is 29.1 Å². The second-order valence-corrected chi connectivity index (χ2v) is 18.0. The quantitative estimate of drug-likeness (QED) is 0.121. The number of amides is 4. The lowest BCUT2D eigenvalue weighted by atomic mass is 9.98. The van der Waals surface area contributed by atoms with Crippen molar-refractivity contribution in [2.45, 2.75) is 122 Å². The third kappa shape index (κ3) is 12.7. The molecule has 1 aromatic heterocycles. The third-order valence-corrected chi connectivity index (χ3v) is 12.5. The summed E-state index contributed by atoms with van der Waals surface area (Å²) in [5, 5.41) is 6.06. The number of pyridine rings is 1. The summed E-state index contributed by atoms with van der Waals surface area (Å²) in [6.45, 7) is 22.0. The van der Waals surface area contributed by atoms with E-state index in [0.29, 0.717) is 57.4 Å². The Kier molecular flexibility index (Phi) is 16.9. The summed E-state index contributed by atoms with van der Waals surface area (Å²) in [6.07, 6.45) is 3.21. The highest BCUT2D eigenvalue weighted by Crippen LogP contribution is 2.43. The maximum Gasteiger partial charge on any atom is 0.408 e. The molecule has 1 aliphatic heterocycles. The lowest BCUT2D eigenvalue weighted by molar-refractivity contribution is -0.134. The number of likely N-dealkylation sites (tertiary alicyclic amines) is 1. The fraction of sp³-hybridized carbons (Fsp3) is 0.523. The van der Waals surface area contributed by atoms with Crippen LogP contribution in [-0.4, -0.2) is 90.9 Å². The number of nitrogens with zero attached hydrogens (tertiary/aromatic N) is 2. The maximum absolute atomic E-state index is 13.5. The van der Waals surface area contributed by atoms with Gasteiger partial charge in [0.25, 0.3) is 5.91 Å². The molecule has 324 valence electrons. The van der Waals surface area contributed by atoms with Crippen LogP contribution in [0.25, 0.3) is 22.2 Å². The number of carbonyl (C=O) groups is 4. The van der Waals surface area contributed by atoms with Crippen molar-refractivity contribution in [3.8, 4) is 22.8 Å². The molecule has 2 aromatic carbocycles. The summed E-state index contributed by atoms with van der Waals surface area (Å²) in [6, 6.07) is 17.0. The van der Waals surface area contributed by atoms with Crippen LogP contribution < -0.4 is 24.8 Å². The molecule has 3 atom stereocenters. The number of benzene rings is 2. The van der Waals surface area contributed by atoms with Gasteiger partial charge in [-0.15, -0.1) is 13.2 Å². The van der Waals surface area contributed by atoms with Crippen LogP contribution in [0.4, 0.5) is 4.79 Å². The average molecular weight is 838 g/mol. The number of carbonyl (C=O) groups excluding carboxylic acids is 4. The highest BCUT2D eigenvalue weighted by molar-refractivity contribution is 7.91. The van der Waals surface area contributed by atoms with Crippen LogP contribution >= 0.6 is 0 Å². The predicted octanol–water partition coefficient (Wildman–Crippen LogP) is 6.92. The average Bonchev–Trinajstić information content (AvgIpc) is 4.14. The molecule has 2 aliphatic carbocycles. The van der Waals surface area contributed by atoms with Crippen molar-refractivity contribution in [3.05, 3.63) is 67.8 Å². The van der Waals surface area contributed by atoms with Gasteiger partial charge in [0.1, 0.15) is 34.8 Å². The Morgan fingerprint density at radius 1 is 1.03 bits per heavy atom. The van der Waals surface area contributed by atoms with E-state index in [-0.39, 0.29) is 17.9 Å². The minimum absolute atomic E-state index is 0.0439. The molecule has 0 spiro atoms. The van der Waals surface area contributed by atoms with Crippen molar-refractivity contribution in [2.75, 3.05) is 20.2 Å². The first-order valence-electron chi connectivity index (χ1n) is 20.2. The van der Waals surface area contributed by atoms with Gasteiger partial charge in [-0.25, -0.2) is 18.2 Å². The largest absolute Gasteiger partial charge is 0.497 e. The van der Waals surface area contributed by atoms with Gasteiger partial charge < -0.3 is 29.7 Å². The van der Waals surface area contributed by atoms with Gasteiger partial charge in [0.2, 0.25) is 22.3 Å². The molecule has 1 saturated heterocycles. The first-order chi connectivity index (χ1) is 27.9. The number of aromatic nitrogens is 1. The Morgan fingerprint density at radius 3 is 2.22 bits per heavy atom. The molecule has 3 aliphatic rings. The van der Waals surface area contributed by atoms with Crippen molar-refractivity contribution in [1.82, 2.24) is 25.2 Å². The smallest absolute Gasteiger partial charge is 0.408 e. The topological polar surface area (TPSA) is 182 Å². The highest BCUT2D eigenvalue weighted by Gasteiger charge is 2.55. The minimum Gasteiger partial charge on any atom is -0.497 e. The molecule has 2 unspecified atom stereocenters. The molecule has 15 heteroatoms. The molecule has 59 heavy (non-hydrogen) atoms. The Hall–Kier alpha value is -5.18. The number of fused-ring (bicyclic) bond motifs is 1. The Morgan fingerprint density at radius 2 is 1.68 bits per heavy atom. The van der Waals surface area contributed by atoms with Gasteiger partial charge >= 0.3 is 6.09 Å². The molecular formula is C44H63N5O9S. The van der Waals surface area contributed by atoms with E-state index in [1.807, 2.05) is 82.3 Å². The van der Waals surface area contributed by atoms with Crippen molar-refractivity contribution in [1.29, 1.82) is 0 Å². The van der Waals surface area contributed by atoms with Crippen LogP contribution in [0.3, 0.4) is 0 Å². The van der Waals surface area contributed by atoms with Gasteiger partial charge in [-0.2, -0.15) is 0 Å². The Bertz CT molecular complexity index is 2010. The highest BCUT2D eigenvalue weighted by atomic mass is 32.2. The van der Waals surface area contributed by atoms with Gasteiger partial charge in [0.05, 0.1) is 29.6 Å². The number of rotatable bonds is 13. The fourth-order valence-corrected chi connectivity index (χ4v) is 7.46. The number of ether oxygens (including phenoxy) is 3. The molecule has 0 radical (unpaired) electrons. The summed E-state index contributed by atoms with van der Waals surface area (Å²) in [7, 11) is -1.97. The third-order valence-electron chi connectivity index (χ3n) is 10.3. The zero-order valence-corrected chi connectivity index (χ0v) is 36.9. The van der Waals surface area contributed by atoms with Crippen molar-refractivity contribution < 1.29 is 41.8 Å². The first kappa shape index (κ1) is 48.2. The summed E-state index contributed by atoms with van der Waals surface area (Å²) >= 11 is 0. The first-order valence-corrected chi connectivity index (χ1v) is 21.7. The summed E-state index contributed by atoms with van der Waals surface area (Å²) in [5.41, 5.74) is 0.932. The molecule has 6 rings (SSSR count). The van der Waals surface area contributed by atoms with Gasteiger partial charge in [-0.05, 0) is 71.4 Å². The van der Waals surface area contributed by atoms with E-state index in [0.717, 1.165) is 34.3 Å². The molecule has 3 N–H and O–H groups in total. The van der Waals surface area contributed by atoms with E-state index in [9.17, 15) is 27.6 Å². The molecule has 0 bridgehead atoms. The van der Waals surface area contributed by atoms with E-state index >= 15 is 0 Å². The molecule has 2 heterocycles. The summed E-state index contributed by atoms with van der Waals surface area (Å²) in [5.74, 6) is 0.657. The van der Waals surface area contributed by atoms with Crippen LogP contribution in [0, 0.1) is 5.92 Å². The van der Waals surface area contributed by atoms with Gasteiger partial charge in [0, 0.05) is 36.0 Å².